The number of carbonyl (C=O) groups is 2. The van der Waals surface area contributed by atoms with E-state index in [1.165, 1.54) is 0 Å². The molecule has 5 heteroatoms. The second-order valence-corrected chi connectivity index (χ2v) is 9.10. The Hall–Kier alpha value is -2.40. The van der Waals surface area contributed by atoms with Gasteiger partial charge in [-0.2, -0.15) is 0 Å². The van der Waals surface area contributed by atoms with Gasteiger partial charge in [-0.05, 0) is 74.4 Å². The standard InChI is InChI=1S/C25H35NO4/c1-17(6-12-23(26)27)18(2)29-16-20-8-11-21-14-19(7-10-22(21)15-20)9-13-24(28)30-25(3,4)5/h7-8,10-11,14-15,17-18H,6,9,12-13,16H2,1-5H3,(H2,26,27)/t17-,18+/m0/s1. The maximum Gasteiger partial charge on any atom is 0.306 e. The third-order valence-corrected chi connectivity index (χ3v) is 5.17. The number of aryl methyl sites for hydroxylation is 1. The molecule has 0 spiro atoms. The van der Waals surface area contributed by atoms with E-state index in [0.29, 0.717) is 25.9 Å². The van der Waals surface area contributed by atoms with E-state index in [1.807, 2.05) is 27.7 Å². The third-order valence-electron chi connectivity index (χ3n) is 5.17. The summed E-state index contributed by atoms with van der Waals surface area (Å²) in [4.78, 5) is 22.9. The van der Waals surface area contributed by atoms with Gasteiger partial charge in [-0.1, -0.05) is 37.3 Å². The summed E-state index contributed by atoms with van der Waals surface area (Å²) in [6, 6.07) is 12.6. The number of ether oxygens (including phenoxy) is 2. The highest BCUT2D eigenvalue weighted by Gasteiger charge is 2.16. The number of primary amides is 1. The van der Waals surface area contributed by atoms with Crippen LogP contribution in [-0.2, 0) is 32.1 Å². The number of rotatable bonds is 10. The molecule has 2 aromatic carbocycles. The Labute approximate surface area is 179 Å². The fraction of sp³-hybridized carbons (Fsp3) is 0.520. The quantitative estimate of drug-likeness (QED) is 0.561. The van der Waals surface area contributed by atoms with Crippen molar-refractivity contribution in [2.45, 2.75) is 78.6 Å². The van der Waals surface area contributed by atoms with Crippen molar-refractivity contribution in [3.63, 3.8) is 0 Å². The Bertz CT molecular complexity index is 869. The van der Waals surface area contributed by atoms with E-state index in [4.69, 9.17) is 15.2 Å². The van der Waals surface area contributed by atoms with Crippen LogP contribution in [0.25, 0.3) is 10.8 Å². The highest BCUT2D eigenvalue weighted by atomic mass is 16.6. The first kappa shape index (κ1) is 23.9. The number of esters is 1. The van der Waals surface area contributed by atoms with Gasteiger partial charge in [0.25, 0.3) is 0 Å². The second-order valence-electron chi connectivity index (χ2n) is 9.10. The monoisotopic (exact) mass is 413 g/mol. The van der Waals surface area contributed by atoms with Gasteiger partial charge in [0.15, 0.2) is 0 Å². The Morgan fingerprint density at radius 3 is 2.17 bits per heavy atom. The van der Waals surface area contributed by atoms with Crippen LogP contribution in [0.4, 0.5) is 0 Å². The van der Waals surface area contributed by atoms with Crippen molar-refractivity contribution in [3.8, 4) is 0 Å². The van der Waals surface area contributed by atoms with Crippen molar-refractivity contribution in [1.82, 2.24) is 0 Å². The molecule has 0 aromatic heterocycles. The van der Waals surface area contributed by atoms with Gasteiger partial charge in [0.1, 0.15) is 5.60 Å². The van der Waals surface area contributed by atoms with Gasteiger partial charge in [0.05, 0.1) is 12.7 Å². The van der Waals surface area contributed by atoms with Crippen molar-refractivity contribution < 1.29 is 19.1 Å². The highest BCUT2D eigenvalue weighted by Crippen LogP contribution is 2.21. The molecule has 164 valence electrons. The van der Waals surface area contributed by atoms with Crippen LogP contribution in [0.2, 0.25) is 0 Å². The molecule has 0 saturated heterocycles. The number of hydrogen-bond acceptors (Lipinski definition) is 4. The number of benzene rings is 2. The highest BCUT2D eigenvalue weighted by molar-refractivity contribution is 5.84. The lowest BCUT2D eigenvalue weighted by Crippen LogP contribution is -2.23. The Balaban J connectivity index is 1.91. The van der Waals surface area contributed by atoms with Crippen molar-refractivity contribution in [2.75, 3.05) is 0 Å². The normalized spacial score (nSPS) is 13.8. The second kappa shape index (κ2) is 10.6. The first-order chi connectivity index (χ1) is 14.0. The molecular weight excluding hydrogens is 378 g/mol. The van der Waals surface area contributed by atoms with Crippen LogP contribution in [-0.4, -0.2) is 23.6 Å². The first-order valence-electron chi connectivity index (χ1n) is 10.7. The molecule has 2 atom stereocenters. The maximum absolute atomic E-state index is 11.9. The SMILES string of the molecule is C[C@@H](CCC(N)=O)[C@@H](C)OCc1ccc2cc(CCC(=O)OC(C)(C)C)ccc2c1. The Morgan fingerprint density at radius 2 is 1.57 bits per heavy atom. The molecule has 0 radical (unpaired) electrons. The van der Waals surface area contributed by atoms with Crippen LogP contribution in [0.5, 0.6) is 0 Å². The summed E-state index contributed by atoms with van der Waals surface area (Å²) < 4.78 is 11.4. The largest absolute Gasteiger partial charge is 0.460 e. The number of hydrogen-bond donors (Lipinski definition) is 1. The molecule has 0 aliphatic carbocycles. The van der Waals surface area contributed by atoms with Gasteiger partial charge < -0.3 is 15.2 Å². The van der Waals surface area contributed by atoms with Crippen LogP contribution in [0.1, 0.15) is 65.0 Å². The summed E-state index contributed by atoms with van der Waals surface area (Å²) in [7, 11) is 0. The van der Waals surface area contributed by atoms with E-state index in [2.05, 4.69) is 43.3 Å². The summed E-state index contributed by atoms with van der Waals surface area (Å²) in [5.41, 5.74) is 7.01. The van der Waals surface area contributed by atoms with Crippen LogP contribution in [0, 0.1) is 5.92 Å². The first-order valence-corrected chi connectivity index (χ1v) is 10.7. The van der Waals surface area contributed by atoms with Gasteiger partial charge in [-0.3, -0.25) is 9.59 Å². The molecule has 30 heavy (non-hydrogen) atoms. The summed E-state index contributed by atoms with van der Waals surface area (Å²) in [5.74, 6) is -0.172. The van der Waals surface area contributed by atoms with Crippen LogP contribution in [0.3, 0.4) is 0 Å². The van der Waals surface area contributed by atoms with Gasteiger partial charge in [-0.15, -0.1) is 0 Å². The van der Waals surface area contributed by atoms with E-state index >= 15 is 0 Å². The van der Waals surface area contributed by atoms with E-state index in [-0.39, 0.29) is 23.9 Å². The predicted octanol–water partition coefficient (Wildman–Crippen LogP) is 4.92. The van der Waals surface area contributed by atoms with Gasteiger partial charge in [0, 0.05) is 12.8 Å². The molecule has 0 saturated carbocycles. The Morgan fingerprint density at radius 1 is 0.967 bits per heavy atom. The van der Waals surface area contributed by atoms with Crippen molar-refractivity contribution in [2.24, 2.45) is 11.7 Å². The third kappa shape index (κ3) is 8.15. The molecule has 0 aliphatic heterocycles. The number of fused-ring (bicyclic) bond motifs is 1. The maximum atomic E-state index is 11.9. The topological polar surface area (TPSA) is 78.6 Å². The van der Waals surface area contributed by atoms with E-state index in [1.54, 1.807) is 0 Å². The summed E-state index contributed by atoms with van der Waals surface area (Å²) in [5, 5.41) is 2.29. The molecule has 5 nitrogen and oxygen atoms in total. The number of nitrogens with two attached hydrogens (primary N) is 1. The van der Waals surface area contributed by atoms with Crippen LogP contribution >= 0.6 is 0 Å². The van der Waals surface area contributed by atoms with Gasteiger partial charge >= 0.3 is 5.97 Å². The summed E-state index contributed by atoms with van der Waals surface area (Å²) in [6.45, 7) is 10.3. The van der Waals surface area contributed by atoms with Crippen molar-refractivity contribution in [1.29, 1.82) is 0 Å². The van der Waals surface area contributed by atoms with Gasteiger partial charge in [-0.25, -0.2) is 0 Å². The molecule has 0 heterocycles. The molecule has 0 bridgehead atoms. The predicted molar refractivity (Wildman–Crippen MR) is 120 cm³/mol. The lowest BCUT2D eigenvalue weighted by Gasteiger charge is -2.20. The molecule has 0 unspecified atom stereocenters. The zero-order valence-electron chi connectivity index (χ0n) is 18.9. The van der Waals surface area contributed by atoms with E-state index in [9.17, 15) is 9.59 Å². The summed E-state index contributed by atoms with van der Waals surface area (Å²) in [6.07, 6.45) is 2.22. The van der Waals surface area contributed by atoms with Crippen molar-refractivity contribution in [3.05, 3.63) is 47.5 Å². The zero-order chi connectivity index (χ0) is 22.3. The minimum Gasteiger partial charge on any atom is -0.460 e. The lowest BCUT2D eigenvalue weighted by molar-refractivity contribution is -0.154. The fourth-order valence-corrected chi connectivity index (χ4v) is 3.23. The lowest BCUT2D eigenvalue weighted by atomic mass is 9.99. The number of amides is 1. The summed E-state index contributed by atoms with van der Waals surface area (Å²) >= 11 is 0. The van der Waals surface area contributed by atoms with Crippen LogP contribution < -0.4 is 5.73 Å². The van der Waals surface area contributed by atoms with Gasteiger partial charge in [0.2, 0.25) is 5.91 Å². The molecule has 1 amide bonds. The minimum atomic E-state index is -0.448. The molecule has 0 aliphatic rings. The molecule has 2 rings (SSSR count). The molecule has 0 fully saturated rings. The van der Waals surface area contributed by atoms with Crippen LogP contribution in [0.15, 0.2) is 36.4 Å². The zero-order valence-corrected chi connectivity index (χ0v) is 18.9. The minimum absolute atomic E-state index is 0.0512. The average Bonchev–Trinajstić information content (AvgIpc) is 2.67. The van der Waals surface area contributed by atoms with E-state index in [0.717, 1.165) is 28.3 Å². The van der Waals surface area contributed by atoms with E-state index < -0.39 is 5.60 Å². The Kier molecular flexibility index (Phi) is 8.42. The fourth-order valence-electron chi connectivity index (χ4n) is 3.23. The smallest absolute Gasteiger partial charge is 0.306 e. The van der Waals surface area contributed by atoms with Crippen molar-refractivity contribution >= 4 is 22.6 Å². The average molecular weight is 414 g/mol. The molecule has 2 N–H and O–H groups in total. The molecular formula is C25H35NO4. The molecule has 2 aromatic rings. The number of carbonyl (C=O) groups excluding carboxylic acids is 2.